The van der Waals surface area contributed by atoms with Crippen LogP contribution < -0.4 is 10.5 Å². The van der Waals surface area contributed by atoms with E-state index in [0.717, 1.165) is 11.3 Å². The fourth-order valence-electron chi connectivity index (χ4n) is 1.65. The van der Waals surface area contributed by atoms with Gasteiger partial charge in [-0.1, -0.05) is 22.8 Å². The Morgan fingerprint density at radius 2 is 2.25 bits per heavy atom. The van der Waals surface area contributed by atoms with Gasteiger partial charge in [0.25, 0.3) is 0 Å². The molecule has 6 heteroatoms. The molecule has 0 atom stereocenters. The summed E-state index contributed by atoms with van der Waals surface area (Å²) in [5, 5.41) is 11.9. The van der Waals surface area contributed by atoms with Crippen molar-refractivity contribution < 1.29 is 9.94 Å². The Hall–Kier alpha value is -2.27. The first-order valence-corrected chi connectivity index (χ1v) is 6.30. The van der Waals surface area contributed by atoms with E-state index in [1.54, 1.807) is 24.4 Å². The summed E-state index contributed by atoms with van der Waals surface area (Å²) in [6.45, 7) is 2.30. The number of benzene rings is 1. The second-order valence-corrected chi connectivity index (χ2v) is 4.59. The first-order valence-electron chi connectivity index (χ1n) is 5.92. The predicted molar refractivity (Wildman–Crippen MR) is 77.3 cm³/mol. The number of hydrogen-bond acceptors (Lipinski definition) is 4. The lowest BCUT2D eigenvalue weighted by Gasteiger charge is -2.10. The molecule has 2 rings (SSSR count). The predicted octanol–water partition coefficient (Wildman–Crippen LogP) is 2.72. The topological polar surface area (TPSA) is 80.7 Å². The van der Waals surface area contributed by atoms with Crippen LogP contribution in [0.2, 0.25) is 5.02 Å². The number of amidine groups is 1. The van der Waals surface area contributed by atoms with Crippen molar-refractivity contribution in [2.45, 2.75) is 13.5 Å². The van der Waals surface area contributed by atoms with Gasteiger partial charge in [-0.05, 0) is 36.8 Å². The molecule has 20 heavy (non-hydrogen) atoms. The van der Waals surface area contributed by atoms with E-state index >= 15 is 0 Å². The molecule has 3 N–H and O–H groups in total. The minimum absolute atomic E-state index is 0.000907. The van der Waals surface area contributed by atoms with Crippen LogP contribution in [0, 0.1) is 6.92 Å². The van der Waals surface area contributed by atoms with Crippen LogP contribution >= 0.6 is 11.6 Å². The third-order valence-corrected chi connectivity index (χ3v) is 3.11. The summed E-state index contributed by atoms with van der Waals surface area (Å²) < 4.78 is 5.63. The second kappa shape index (κ2) is 6.25. The van der Waals surface area contributed by atoms with E-state index in [1.807, 2.05) is 19.1 Å². The maximum atomic E-state index is 8.61. The number of nitrogens with zero attached hydrogens (tertiary/aromatic N) is 2. The van der Waals surface area contributed by atoms with Gasteiger partial charge in [0.1, 0.15) is 12.4 Å². The molecule has 0 saturated heterocycles. The van der Waals surface area contributed by atoms with Crippen molar-refractivity contribution in [1.29, 1.82) is 0 Å². The maximum absolute atomic E-state index is 8.61. The number of aromatic nitrogens is 1. The van der Waals surface area contributed by atoms with Gasteiger partial charge in [-0.25, -0.2) is 0 Å². The highest BCUT2D eigenvalue weighted by Gasteiger charge is 2.07. The Morgan fingerprint density at radius 1 is 1.45 bits per heavy atom. The Balaban J connectivity index is 2.13. The van der Waals surface area contributed by atoms with Gasteiger partial charge in [0.15, 0.2) is 5.84 Å². The molecule has 2 aromatic rings. The highest BCUT2D eigenvalue weighted by atomic mass is 35.5. The Morgan fingerprint density at radius 3 is 2.90 bits per heavy atom. The van der Waals surface area contributed by atoms with Crippen molar-refractivity contribution in [3.63, 3.8) is 0 Å². The van der Waals surface area contributed by atoms with Gasteiger partial charge < -0.3 is 15.7 Å². The summed E-state index contributed by atoms with van der Waals surface area (Å²) in [5.74, 6) is 0.519. The zero-order chi connectivity index (χ0) is 14.5. The molecule has 0 aliphatic rings. The number of pyridine rings is 1. The van der Waals surface area contributed by atoms with Gasteiger partial charge in [0.2, 0.25) is 0 Å². The Labute approximate surface area is 121 Å². The molecule has 0 amide bonds. The number of rotatable bonds is 4. The van der Waals surface area contributed by atoms with Crippen molar-refractivity contribution >= 4 is 17.4 Å². The zero-order valence-electron chi connectivity index (χ0n) is 10.9. The van der Waals surface area contributed by atoms with Gasteiger partial charge in [-0.2, -0.15) is 0 Å². The molecule has 1 heterocycles. The summed E-state index contributed by atoms with van der Waals surface area (Å²) in [6, 6.07) is 8.76. The van der Waals surface area contributed by atoms with E-state index < -0.39 is 0 Å². The molecular weight excluding hydrogens is 278 g/mol. The molecule has 0 aliphatic carbocycles. The van der Waals surface area contributed by atoms with Crippen LogP contribution in [0.4, 0.5) is 0 Å². The maximum Gasteiger partial charge on any atom is 0.170 e. The minimum Gasteiger partial charge on any atom is -0.486 e. The van der Waals surface area contributed by atoms with Gasteiger partial charge >= 0.3 is 0 Å². The average molecular weight is 292 g/mol. The summed E-state index contributed by atoms with van der Waals surface area (Å²) in [6.07, 6.45) is 1.72. The van der Waals surface area contributed by atoms with Crippen LogP contribution in [0.5, 0.6) is 5.75 Å². The molecule has 0 bridgehead atoms. The lowest BCUT2D eigenvalue weighted by atomic mass is 10.2. The first kappa shape index (κ1) is 14.1. The summed E-state index contributed by atoms with van der Waals surface area (Å²) in [7, 11) is 0. The van der Waals surface area contributed by atoms with Crippen LogP contribution in [0.25, 0.3) is 0 Å². The fourth-order valence-corrected chi connectivity index (χ4v) is 1.89. The van der Waals surface area contributed by atoms with Crippen molar-refractivity contribution in [3.8, 4) is 5.75 Å². The number of oxime groups is 1. The van der Waals surface area contributed by atoms with Crippen molar-refractivity contribution in [1.82, 2.24) is 4.98 Å². The van der Waals surface area contributed by atoms with Gasteiger partial charge in [0.05, 0.1) is 10.7 Å². The highest BCUT2D eigenvalue weighted by Crippen LogP contribution is 2.26. The summed E-state index contributed by atoms with van der Waals surface area (Å²) >= 11 is 6.10. The number of halogens is 1. The number of nitrogens with two attached hydrogens (primary N) is 1. The molecule has 0 spiro atoms. The van der Waals surface area contributed by atoms with Crippen molar-refractivity contribution in [3.05, 3.63) is 58.4 Å². The van der Waals surface area contributed by atoms with E-state index in [0.29, 0.717) is 22.9 Å². The SMILES string of the molecule is Cc1cccnc1COc1ccc(/C(N)=N/O)cc1Cl. The Bertz CT molecular complexity index is 644. The van der Waals surface area contributed by atoms with Gasteiger partial charge in [-0.3, -0.25) is 4.98 Å². The number of hydrogen-bond donors (Lipinski definition) is 2. The molecule has 5 nitrogen and oxygen atoms in total. The molecule has 1 aromatic carbocycles. The van der Waals surface area contributed by atoms with E-state index in [1.165, 1.54) is 0 Å². The monoisotopic (exact) mass is 291 g/mol. The molecule has 0 aliphatic heterocycles. The zero-order valence-corrected chi connectivity index (χ0v) is 11.6. The summed E-state index contributed by atoms with van der Waals surface area (Å²) in [4.78, 5) is 4.24. The van der Waals surface area contributed by atoms with Crippen molar-refractivity contribution in [2.75, 3.05) is 0 Å². The largest absolute Gasteiger partial charge is 0.486 e. The molecule has 0 radical (unpaired) electrons. The van der Waals surface area contributed by atoms with E-state index in [2.05, 4.69) is 10.1 Å². The quantitative estimate of drug-likeness (QED) is 0.393. The molecule has 0 saturated carbocycles. The Kier molecular flexibility index (Phi) is 4.42. The smallest absolute Gasteiger partial charge is 0.170 e. The second-order valence-electron chi connectivity index (χ2n) is 4.19. The highest BCUT2D eigenvalue weighted by molar-refractivity contribution is 6.32. The summed E-state index contributed by atoms with van der Waals surface area (Å²) in [5.41, 5.74) is 7.92. The molecule has 0 fully saturated rings. The van der Waals surface area contributed by atoms with Gasteiger partial charge in [-0.15, -0.1) is 0 Å². The number of ether oxygens (including phenoxy) is 1. The minimum atomic E-state index is -0.000907. The standard InChI is InChI=1S/C14H14ClN3O2/c1-9-3-2-6-17-12(9)8-20-13-5-4-10(7-11(13)15)14(16)18-19/h2-7,19H,8H2,1H3,(H2,16,18). The lowest BCUT2D eigenvalue weighted by molar-refractivity contribution is 0.300. The van der Waals surface area contributed by atoms with E-state index in [-0.39, 0.29) is 5.84 Å². The van der Waals surface area contributed by atoms with Crippen LogP contribution in [0.3, 0.4) is 0 Å². The fraction of sp³-hybridized carbons (Fsp3) is 0.143. The molecule has 0 unspecified atom stereocenters. The third kappa shape index (κ3) is 3.19. The lowest BCUT2D eigenvalue weighted by Crippen LogP contribution is -2.13. The molecule has 104 valence electrons. The van der Waals surface area contributed by atoms with Crippen LogP contribution in [-0.2, 0) is 6.61 Å². The van der Waals surface area contributed by atoms with E-state index in [4.69, 9.17) is 27.3 Å². The first-order chi connectivity index (χ1) is 9.61. The third-order valence-electron chi connectivity index (χ3n) is 2.82. The van der Waals surface area contributed by atoms with E-state index in [9.17, 15) is 0 Å². The normalized spacial score (nSPS) is 11.4. The van der Waals surface area contributed by atoms with Crippen LogP contribution in [-0.4, -0.2) is 16.0 Å². The van der Waals surface area contributed by atoms with Crippen LogP contribution in [0.15, 0.2) is 41.7 Å². The van der Waals surface area contributed by atoms with Gasteiger partial charge in [0, 0.05) is 11.8 Å². The average Bonchev–Trinajstić information content (AvgIpc) is 2.46. The van der Waals surface area contributed by atoms with Crippen molar-refractivity contribution in [2.24, 2.45) is 10.9 Å². The van der Waals surface area contributed by atoms with Crippen LogP contribution in [0.1, 0.15) is 16.8 Å². The molecule has 1 aromatic heterocycles. The molecular formula is C14H14ClN3O2. The number of aryl methyl sites for hydroxylation is 1.